The minimum Gasteiger partial charge on any atom is -0.373 e. The molecule has 0 aliphatic rings. The lowest BCUT2D eigenvalue weighted by Crippen LogP contribution is -2.11. The van der Waals surface area contributed by atoms with Crippen LogP contribution >= 0.6 is 11.8 Å². The molecule has 90 valence electrons. The van der Waals surface area contributed by atoms with Gasteiger partial charge in [0.25, 0.3) is 0 Å². The van der Waals surface area contributed by atoms with Crippen molar-refractivity contribution in [3.05, 3.63) is 11.9 Å². The van der Waals surface area contributed by atoms with Gasteiger partial charge in [-0.2, -0.15) is 11.8 Å². The average molecular weight is 240 g/mol. The maximum Gasteiger partial charge on any atom is 0.134 e. The molecule has 5 heteroatoms. The van der Waals surface area contributed by atoms with Gasteiger partial charge in [-0.3, -0.25) is 0 Å². The second kappa shape index (κ2) is 6.58. The van der Waals surface area contributed by atoms with Crippen molar-refractivity contribution in [2.24, 2.45) is 0 Å². The van der Waals surface area contributed by atoms with Crippen molar-refractivity contribution in [3.8, 4) is 0 Å². The molecular formula is C11H20N4S. The highest BCUT2D eigenvalue weighted by Crippen LogP contribution is 2.18. The Labute approximate surface area is 102 Å². The van der Waals surface area contributed by atoms with E-state index in [1.165, 1.54) is 0 Å². The van der Waals surface area contributed by atoms with E-state index in [1.807, 2.05) is 25.7 Å². The van der Waals surface area contributed by atoms with Crippen molar-refractivity contribution in [2.45, 2.75) is 25.5 Å². The summed E-state index contributed by atoms with van der Waals surface area (Å²) >= 11 is 1.89. The van der Waals surface area contributed by atoms with E-state index in [0.717, 1.165) is 30.2 Å². The molecule has 0 saturated heterocycles. The maximum absolute atomic E-state index is 4.24. The Bertz CT molecular complexity index is 330. The van der Waals surface area contributed by atoms with Crippen LogP contribution in [0.5, 0.6) is 0 Å². The van der Waals surface area contributed by atoms with Crippen LogP contribution in [-0.2, 0) is 0 Å². The Hall–Kier alpha value is -0.970. The molecule has 4 nitrogen and oxygen atoms in total. The summed E-state index contributed by atoms with van der Waals surface area (Å²) in [4.78, 5) is 8.39. The van der Waals surface area contributed by atoms with Gasteiger partial charge >= 0.3 is 0 Å². The summed E-state index contributed by atoms with van der Waals surface area (Å²) in [7, 11) is 1.87. The van der Waals surface area contributed by atoms with Crippen LogP contribution in [0.25, 0.3) is 0 Å². The van der Waals surface area contributed by atoms with Crippen LogP contribution in [0.4, 0.5) is 11.6 Å². The molecule has 2 N–H and O–H groups in total. The first-order valence-electron chi connectivity index (χ1n) is 5.45. The maximum atomic E-state index is 4.24. The predicted octanol–water partition coefficient (Wildman–Crippen LogP) is 2.38. The van der Waals surface area contributed by atoms with E-state index in [-0.39, 0.29) is 0 Å². The highest BCUT2D eigenvalue weighted by atomic mass is 32.2. The molecule has 1 aromatic rings. The average Bonchev–Trinajstić information content (AvgIpc) is 2.31. The standard InChI is InChI=1S/C11H20N4S/c1-8(16-4)5-6-13-11-9(2)10(12-3)14-7-15-11/h7-8H,5-6H2,1-4H3,(H2,12,13,14,15). The zero-order valence-corrected chi connectivity index (χ0v) is 11.2. The van der Waals surface area contributed by atoms with E-state index >= 15 is 0 Å². The SMILES string of the molecule is CNc1ncnc(NCCC(C)SC)c1C. The fourth-order valence-electron chi connectivity index (χ4n) is 1.39. The van der Waals surface area contributed by atoms with E-state index in [9.17, 15) is 0 Å². The Balaban J connectivity index is 2.54. The topological polar surface area (TPSA) is 49.8 Å². The van der Waals surface area contributed by atoms with Gasteiger partial charge in [-0.1, -0.05) is 6.92 Å². The van der Waals surface area contributed by atoms with Crippen LogP contribution in [0.1, 0.15) is 18.9 Å². The summed E-state index contributed by atoms with van der Waals surface area (Å²) < 4.78 is 0. The molecular weight excluding hydrogens is 220 g/mol. The molecule has 0 radical (unpaired) electrons. The van der Waals surface area contributed by atoms with Crippen LogP contribution in [0.2, 0.25) is 0 Å². The fourth-order valence-corrected chi connectivity index (χ4v) is 1.75. The number of nitrogens with zero attached hydrogens (tertiary/aromatic N) is 2. The monoisotopic (exact) mass is 240 g/mol. The second-order valence-electron chi connectivity index (χ2n) is 3.71. The van der Waals surface area contributed by atoms with Gasteiger partial charge in [0.15, 0.2) is 0 Å². The summed E-state index contributed by atoms with van der Waals surface area (Å²) in [6, 6.07) is 0. The van der Waals surface area contributed by atoms with Crippen LogP contribution in [0, 0.1) is 6.92 Å². The summed E-state index contributed by atoms with van der Waals surface area (Å²) in [6.07, 6.45) is 4.86. The zero-order valence-electron chi connectivity index (χ0n) is 10.4. The van der Waals surface area contributed by atoms with Gasteiger partial charge < -0.3 is 10.6 Å². The van der Waals surface area contributed by atoms with Crippen molar-refractivity contribution in [1.29, 1.82) is 0 Å². The Kier molecular flexibility index (Phi) is 5.38. The Morgan fingerprint density at radius 1 is 1.38 bits per heavy atom. The number of hydrogen-bond donors (Lipinski definition) is 2. The quantitative estimate of drug-likeness (QED) is 0.799. The third-order valence-corrected chi connectivity index (χ3v) is 3.61. The fraction of sp³-hybridized carbons (Fsp3) is 0.636. The van der Waals surface area contributed by atoms with Crippen molar-refractivity contribution in [3.63, 3.8) is 0 Å². The molecule has 0 spiro atoms. The van der Waals surface area contributed by atoms with Crippen molar-refractivity contribution < 1.29 is 0 Å². The van der Waals surface area contributed by atoms with E-state index in [1.54, 1.807) is 6.33 Å². The van der Waals surface area contributed by atoms with E-state index in [4.69, 9.17) is 0 Å². The lowest BCUT2D eigenvalue weighted by atomic mass is 10.3. The molecule has 1 heterocycles. The molecule has 0 amide bonds. The van der Waals surface area contributed by atoms with Crippen LogP contribution in [0.3, 0.4) is 0 Å². The van der Waals surface area contributed by atoms with Crippen molar-refractivity contribution in [1.82, 2.24) is 9.97 Å². The highest BCUT2D eigenvalue weighted by Gasteiger charge is 2.05. The summed E-state index contributed by atoms with van der Waals surface area (Å²) in [6.45, 7) is 5.20. The lowest BCUT2D eigenvalue weighted by Gasteiger charge is -2.12. The van der Waals surface area contributed by atoms with Crippen molar-refractivity contribution >= 4 is 23.4 Å². The molecule has 0 bridgehead atoms. The molecule has 1 rings (SSSR count). The smallest absolute Gasteiger partial charge is 0.134 e. The number of aromatic nitrogens is 2. The molecule has 1 unspecified atom stereocenters. The van der Waals surface area contributed by atoms with Crippen LogP contribution < -0.4 is 10.6 Å². The third kappa shape index (κ3) is 3.56. The number of nitrogens with one attached hydrogen (secondary N) is 2. The molecule has 16 heavy (non-hydrogen) atoms. The van der Waals surface area contributed by atoms with Crippen molar-refractivity contribution in [2.75, 3.05) is 30.5 Å². The molecule has 0 aliphatic carbocycles. The first-order valence-corrected chi connectivity index (χ1v) is 6.73. The highest BCUT2D eigenvalue weighted by molar-refractivity contribution is 7.99. The minimum atomic E-state index is 0.679. The van der Waals surface area contributed by atoms with Gasteiger partial charge in [0.1, 0.15) is 18.0 Å². The Morgan fingerprint density at radius 3 is 2.69 bits per heavy atom. The normalized spacial score (nSPS) is 12.2. The Morgan fingerprint density at radius 2 is 2.06 bits per heavy atom. The first kappa shape index (κ1) is 13.1. The number of hydrogen-bond acceptors (Lipinski definition) is 5. The molecule has 0 fully saturated rings. The minimum absolute atomic E-state index is 0.679. The summed E-state index contributed by atoms with van der Waals surface area (Å²) in [5, 5.41) is 7.08. The molecule has 0 saturated carbocycles. The van der Waals surface area contributed by atoms with Gasteiger partial charge in [0, 0.05) is 24.4 Å². The molecule has 0 aliphatic heterocycles. The van der Waals surface area contributed by atoms with E-state index in [2.05, 4.69) is 33.8 Å². The molecule has 1 aromatic heterocycles. The van der Waals surface area contributed by atoms with Gasteiger partial charge in [-0.15, -0.1) is 0 Å². The molecule has 0 aromatic carbocycles. The van der Waals surface area contributed by atoms with Gasteiger partial charge in [0.2, 0.25) is 0 Å². The molecule has 1 atom stereocenters. The lowest BCUT2D eigenvalue weighted by molar-refractivity contribution is 0.848. The number of rotatable bonds is 6. The zero-order chi connectivity index (χ0) is 12.0. The summed E-state index contributed by atoms with van der Waals surface area (Å²) in [5.41, 5.74) is 1.07. The largest absolute Gasteiger partial charge is 0.373 e. The summed E-state index contributed by atoms with van der Waals surface area (Å²) in [5.74, 6) is 1.81. The number of anilines is 2. The third-order valence-electron chi connectivity index (χ3n) is 2.57. The van der Waals surface area contributed by atoms with Gasteiger partial charge in [-0.05, 0) is 19.6 Å². The second-order valence-corrected chi connectivity index (χ2v) is 4.98. The van der Waals surface area contributed by atoms with E-state index < -0.39 is 0 Å². The predicted molar refractivity (Wildman–Crippen MR) is 72.4 cm³/mol. The van der Waals surface area contributed by atoms with Gasteiger partial charge in [-0.25, -0.2) is 9.97 Å². The van der Waals surface area contributed by atoms with Crippen LogP contribution in [0.15, 0.2) is 6.33 Å². The first-order chi connectivity index (χ1) is 7.69. The number of thioether (sulfide) groups is 1. The van der Waals surface area contributed by atoms with E-state index in [0.29, 0.717) is 5.25 Å². The van der Waals surface area contributed by atoms with Crippen LogP contribution in [-0.4, -0.2) is 35.1 Å². The van der Waals surface area contributed by atoms with Gasteiger partial charge in [0.05, 0.1) is 0 Å².